The number of nitrogens with one attached hydrogen (secondary N) is 1. The molecule has 0 radical (unpaired) electrons. The van der Waals surface area contributed by atoms with Crippen molar-refractivity contribution in [2.24, 2.45) is 0 Å². The van der Waals surface area contributed by atoms with Gasteiger partial charge in [-0.2, -0.15) is 0 Å². The van der Waals surface area contributed by atoms with E-state index in [-0.39, 0.29) is 0 Å². The summed E-state index contributed by atoms with van der Waals surface area (Å²) < 4.78 is 5.49. The summed E-state index contributed by atoms with van der Waals surface area (Å²) >= 11 is 6.08. The molecular weight excluding hydrogens is 286 g/mol. The summed E-state index contributed by atoms with van der Waals surface area (Å²) in [5.41, 5.74) is 3.22. The Bertz CT molecular complexity index is 630. The molecule has 110 valence electrons. The Morgan fingerprint density at radius 2 is 2.10 bits per heavy atom. The van der Waals surface area contributed by atoms with Gasteiger partial charge in [-0.15, -0.1) is 0 Å². The van der Waals surface area contributed by atoms with Crippen molar-refractivity contribution in [3.63, 3.8) is 0 Å². The monoisotopic (exact) mass is 303 g/mol. The average molecular weight is 304 g/mol. The van der Waals surface area contributed by atoms with E-state index in [1.54, 1.807) is 6.07 Å². The van der Waals surface area contributed by atoms with Crippen LogP contribution >= 0.6 is 11.6 Å². The first-order chi connectivity index (χ1) is 10.2. The quantitative estimate of drug-likeness (QED) is 0.892. The molecule has 1 atom stereocenters. The minimum Gasteiger partial charge on any atom is -0.493 e. The zero-order valence-electron chi connectivity index (χ0n) is 11.7. The van der Waals surface area contributed by atoms with Gasteiger partial charge in [0.1, 0.15) is 5.75 Å². The Morgan fingerprint density at radius 1 is 1.24 bits per heavy atom. The maximum absolute atomic E-state index is 10.2. The van der Waals surface area contributed by atoms with Gasteiger partial charge in [-0.05, 0) is 23.3 Å². The number of fused-ring (bicyclic) bond motifs is 1. The number of ether oxygens (including phenoxy) is 1. The smallest absolute Gasteiger partial charge is 0.122 e. The molecule has 0 bridgehead atoms. The van der Waals surface area contributed by atoms with Gasteiger partial charge in [0.2, 0.25) is 0 Å². The molecule has 4 heteroatoms. The van der Waals surface area contributed by atoms with Gasteiger partial charge in [-0.25, -0.2) is 0 Å². The minimum absolute atomic E-state index is 0.470. The van der Waals surface area contributed by atoms with Crippen LogP contribution < -0.4 is 10.1 Å². The van der Waals surface area contributed by atoms with E-state index in [4.69, 9.17) is 16.3 Å². The summed E-state index contributed by atoms with van der Waals surface area (Å²) in [7, 11) is 0. The average Bonchev–Trinajstić information content (AvgIpc) is 2.95. The maximum atomic E-state index is 10.2. The lowest BCUT2D eigenvalue weighted by Crippen LogP contribution is -2.21. The second-order valence-corrected chi connectivity index (χ2v) is 5.62. The molecule has 1 aliphatic heterocycles. The van der Waals surface area contributed by atoms with Crippen molar-refractivity contribution in [3.05, 3.63) is 64.2 Å². The van der Waals surface area contributed by atoms with E-state index in [2.05, 4.69) is 17.4 Å². The lowest BCUT2D eigenvalue weighted by Gasteiger charge is -2.14. The van der Waals surface area contributed by atoms with Crippen LogP contribution in [-0.4, -0.2) is 18.3 Å². The molecule has 2 N–H and O–H groups in total. The SMILES string of the molecule is OC(CNCc1ccc2c(c1)CCO2)c1ccccc1Cl. The second kappa shape index (κ2) is 6.48. The number of aliphatic hydroxyl groups excluding tert-OH is 1. The van der Waals surface area contributed by atoms with Crippen LogP contribution in [0.2, 0.25) is 5.02 Å². The van der Waals surface area contributed by atoms with Crippen LogP contribution in [-0.2, 0) is 13.0 Å². The zero-order valence-corrected chi connectivity index (χ0v) is 12.4. The summed E-state index contributed by atoms with van der Waals surface area (Å²) in [5, 5.41) is 14.0. The summed E-state index contributed by atoms with van der Waals surface area (Å²) in [6.07, 6.45) is 0.377. The van der Waals surface area contributed by atoms with Crippen molar-refractivity contribution in [1.29, 1.82) is 0 Å². The van der Waals surface area contributed by atoms with E-state index in [0.29, 0.717) is 11.6 Å². The Kier molecular flexibility index (Phi) is 4.44. The van der Waals surface area contributed by atoms with E-state index in [9.17, 15) is 5.11 Å². The number of hydrogen-bond donors (Lipinski definition) is 2. The number of benzene rings is 2. The third-order valence-corrected chi connectivity index (χ3v) is 4.03. The first-order valence-electron chi connectivity index (χ1n) is 7.12. The van der Waals surface area contributed by atoms with Gasteiger partial charge < -0.3 is 15.2 Å². The van der Waals surface area contributed by atoms with Crippen molar-refractivity contribution in [1.82, 2.24) is 5.32 Å². The highest BCUT2D eigenvalue weighted by molar-refractivity contribution is 6.31. The molecule has 2 aromatic carbocycles. The van der Waals surface area contributed by atoms with Crippen LogP contribution in [0.1, 0.15) is 22.8 Å². The molecule has 1 heterocycles. The van der Waals surface area contributed by atoms with Crippen molar-refractivity contribution in [3.8, 4) is 5.75 Å². The number of rotatable bonds is 5. The highest BCUT2D eigenvalue weighted by atomic mass is 35.5. The molecule has 0 aliphatic carbocycles. The summed E-state index contributed by atoms with van der Waals surface area (Å²) in [5.74, 6) is 0.995. The van der Waals surface area contributed by atoms with Crippen LogP contribution in [0, 0.1) is 0 Å². The standard InChI is InChI=1S/C17H18ClNO2/c18-15-4-2-1-3-14(15)16(20)11-19-10-12-5-6-17-13(9-12)7-8-21-17/h1-6,9,16,19-20H,7-8,10-11H2. The highest BCUT2D eigenvalue weighted by Crippen LogP contribution is 2.26. The largest absolute Gasteiger partial charge is 0.493 e. The lowest BCUT2D eigenvalue weighted by atomic mass is 10.1. The zero-order chi connectivity index (χ0) is 14.7. The molecule has 0 amide bonds. The fourth-order valence-corrected chi connectivity index (χ4v) is 2.82. The van der Waals surface area contributed by atoms with Gasteiger partial charge >= 0.3 is 0 Å². The van der Waals surface area contributed by atoms with Gasteiger partial charge in [0.15, 0.2) is 0 Å². The normalized spacial score (nSPS) is 14.6. The topological polar surface area (TPSA) is 41.5 Å². The second-order valence-electron chi connectivity index (χ2n) is 5.21. The van der Waals surface area contributed by atoms with Crippen LogP contribution in [0.4, 0.5) is 0 Å². The Hall–Kier alpha value is -1.55. The Morgan fingerprint density at radius 3 is 2.95 bits per heavy atom. The third kappa shape index (κ3) is 3.38. The molecule has 0 spiro atoms. The molecule has 2 aromatic rings. The highest BCUT2D eigenvalue weighted by Gasteiger charge is 2.13. The van der Waals surface area contributed by atoms with E-state index in [0.717, 1.165) is 30.9 Å². The van der Waals surface area contributed by atoms with Crippen molar-refractivity contribution < 1.29 is 9.84 Å². The number of halogens is 1. The fourth-order valence-electron chi connectivity index (χ4n) is 2.56. The van der Waals surface area contributed by atoms with E-state index >= 15 is 0 Å². The minimum atomic E-state index is -0.600. The van der Waals surface area contributed by atoms with Gasteiger partial charge in [0.05, 0.1) is 12.7 Å². The van der Waals surface area contributed by atoms with Crippen LogP contribution in [0.3, 0.4) is 0 Å². The number of aliphatic hydroxyl groups is 1. The van der Waals surface area contributed by atoms with E-state index in [1.165, 1.54) is 11.1 Å². The third-order valence-electron chi connectivity index (χ3n) is 3.68. The molecule has 0 fully saturated rings. The maximum Gasteiger partial charge on any atom is 0.122 e. The molecule has 21 heavy (non-hydrogen) atoms. The summed E-state index contributed by atoms with van der Waals surface area (Å²) in [6, 6.07) is 13.6. The van der Waals surface area contributed by atoms with E-state index in [1.807, 2.05) is 24.3 Å². The Balaban J connectivity index is 1.55. The van der Waals surface area contributed by atoms with E-state index < -0.39 is 6.10 Å². The van der Waals surface area contributed by atoms with Gasteiger partial charge in [0.25, 0.3) is 0 Å². The molecule has 3 rings (SSSR count). The fraction of sp³-hybridized carbons (Fsp3) is 0.294. The van der Waals surface area contributed by atoms with Crippen LogP contribution in [0.5, 0.6) is 5.75 Å². The molecule has 0 aromatic heterocycles. The molecule has 1 unspecified atom stereocenters. The molecular formula is C17H18ClNO2. The molecule has 0 saturated heterocycles. The van der Waals surface area contributed by atoms with Crippen LogP contribution in [0.25, 0.3) is 0 Å². The molecule has 0 saturated carbocycles. The lowest BCUT2D eigenvalue weighted by molar-refractivity contribution is 0.174. The summed E-state index contributed by atoms with van der Waals surface area (Å²) in [6.45, 7) is 1.96. The van der Waals surface area contributed by atoms with Crippen molar-refractivity contribution in [2.45, 2.75) is 19.1 Å². The van der Waals surface area contributed by atoms with Crippen molar-refractivity contribution in [2.75, 3.05) is 13.2 Å². The van der Waals surface area contributed by atoms with Gasteiger partial charge in [-0.1, -0.05) is 41.9 Å². The number of hydrogen-bond acceptors (Lipinski definition) is 3. The van der Waals surface area contributed by atoms with Crippen molar-refractivity contribution >= 4 is 11.6 Å². The predicted octanol–water partition coefficient (Wildman–Crippen LogP) is 3.10. The first-order valence-corrected chi connectivity index (χ1v) is 7.49. The molecule has 3 nitrogen and oxygen atoms in total. The summed E-state index contributed by atoms with van der Waals surface area (Å²) in [4.78, 5) is 0. The predicted molar refractivity (Wildman–Crippen MR) is 83.8 cm³/mol. The molecule has 1 aliphatic rings. The van der Waals surface area contributed by atoms with Gasteiger partial charge in [0, 0.05) is 30.1 Å². The Labute approximate surface area is 129 Å². The van der Waals surface area contributed by atoms with Crippen LogP contribution in [0.15, 0.2) is 42.5 Å². The first kappa shape index (κ1) is 14.4. The van der Waals surface area contributed by atoms with Gasteiger partial charge in [-0.3, -0.25) is 0 Å².